The van der Waals surface area contributed by atoms with Crippen LogP contribution in [0.1, 0.15) is 28.8 Å². The van der Waals surface area contributed by atoms with Crippen LogP contribution in [0.2, 0.25) is 0 Å². The molecular weight excluding hydrogens is 312 g/mol. The summed E-state index contributed by atoms with van der Waals surface area (Å²) in [6.07, 6.45) is 0. The number of aromatic nitrogens is 2. The Morgan fingerprint density at radius 3 is 2.46 bits per heavy atom. The second kappa shape index (κ2) is 6.48. The second-order valence-corrected chi connectivity index (χ2v) is 5.93. The van der Waals surface area contributed by atoms with E-state index < -0.39 is 23.1 Å². The van der Waals surface area contributed by atoms with E-state index in [-0.39, 0.29) is 11.4 Å². The maximum Gasteiger partial charge on any atom is 0.332 e. The number of ketones is 1. The topological polar surface area (TPSA) is 103 Å². The van der Waals surface area contributed by atoms with E-state index in [1.165, 1.54) is 14.1 Å². The minimum absolute atomic E-state index is 0.123. The quantitative estimate of drug-likeness (QED) is 0.787. The number of hydrogen-bond acceptors (Lipinski definition) is 6. The van der Waals surface area contributed by atoms with Crippen molar-refractivity contribution in [1.29, 1.82) is 0 Å². The largest absolute Gasteiger partial charge is 0.465 e. The first kappa shape index (κ1) is 17.7. The highest BCUT2D eigenvalue weighted by Crippen LogP contribution is 2.14. The number of aryl methyl sites for hydroxylation is 1. The van der Waals surface area contributed by atoms with Gasteiger partial charge in [-0.15, -0.1) is 0 Å². The van der Waals surface area contributed by atoms with Crippen molar-refractivity contribution in [2.24, 2.45) is 14.1 Å². The summed E-state index contributed by atoms with van der Waals surface area (Å²) in [6.45, 7) is 3.93. The molecule has 0 aliphatic rings. The zero-order valence-corrected chi connectivity index (χ0v) is 14.5. The Morgan fingerprint density at radius 1 is 1.29 bits per heavy atom. The fraction of sp³-hybridized carbons (Fsp3) is 0.438. The predicted molar refractivity (Wildman–Crippen MR) is 90.0 cm³/mol. The standard InChI is InChI=1S/C16H22N4O4/c1-9-6-7-11(24-9)8-18(3)10(2)13(21)12-14(17)19(4)16(23)20(5)15(12)22/h6-7,10H,8,17H2,1-5H3/t10-/m1/s1. The summed E-state index contributed by atoms with van der Waals surface area (Å²) in [5.41, 5.74) is 4.41. The molecule has 0 radical (unpaired) electrons. The third kappa shape index (κ3) is 3.05. The van der Waals surface area contributed by atoms with Gasteiger partial charge in [-0.05, 0) is 33.0 Å². The van der Waals surface area contributed by atoms with Crippen molar-refractivity contribution < 1.29 is 9.21 Å². The van der Waals surface area contributed by atoms with Gasteiger partial charge in [0.15, 0.2) is 5.78 Å². The molecule has 0 spiro atoms. The van der Waals surface area contributed by atoms with Gasteiger partial charge in [0.1, 0.15) is 22.9 Å². The van der Waals surface area contributed by atoms with Gasteiger partial charge in [-0.25, -0.2) is 4.79 Å². The van der Waals surface area contributed by atoms with Gasteiger partial charge in [0.05, 0.1) is 12.6 Å². The fourth-order valence-corrected chi connectivity index (χ4v) is 2.45. The molecule has 8 nitrogen and oxygen atoms in total. The first-order valence-electron chi connectivity index (χ1n) is 7.50. The van der Waals surface area contributed by atoms with Crippen molar-refractivity contribution in [2.45, 2.75) is 26.4 Å². The van der Waals surface area contributed by atoms with E-state index in [4.69, 9.17) is 10.2 Å². The minimum atomic E-state index is -0.685. The van der Waals surface area contributed by atoms with Crippen molar-refractivity contribution in [2.75, 3.05) is 12.8 Å². The molecule has 0 aliphatic carbocycles. The monoisotopic (exact) mass is 334 g/mol. The highest BCUT2D eigenvalue weighted by Gasteiger charge is 2.27. The van der Waals surface area contributed by atoms with Gasteiger partial charge in [0.2, 0.25) is 0 Å². The van der Waals surface area contributed by atoms with E-state index in [0.717, 1.165) is 20.7 Å². The number of anilines is 1. The molecule has 2 rings (SSSR count). The van der Waals surface area contributed by atoms with Crippen LogP contribution >= 0.6 is 0 Å². The van der Waals surface area contributed by atoms with Crippen molar-refractivity contribution in [3.05, 3.63) is 50.1 Å². The number of furan rings is 1. The number of nitrogen functional groups attached to an aromatic ring is 1. The maximum atomic E-state index is 12.8. The van der Waals surface area contributed by atoms with Crippen LogP contribution in [-0.2, 0) is 20.6 Å². The lowest BCUT2D eigenvalue weighted by atomic mass is 10.1. The number of nitrogens with zero attached hydrogens (tertiary/aromatic N) is 3. The van der Waals surface area contributed by atoms with Crippen LogP contribution in [0.4, 0.5) is 5.82 Å². The van der Waals surface area contributed by atoms with Crippen LogP contribution in [0, 0.1) is 6.92 Å². The van der Waals surface area contributed by atoms with E-state index in [0.29, 0.717) is 6.54 Å². The molecule has 0 bridgehead atoms. The average molecular weight is 334 g/mol. The first-order chi connectivity index (χ1) is 11.1. The normalized spacial score (nSPS) is 12.6. The molecule has 0 saturated carbocycles. The lowest BCUT2D eigenvalue weighted by Gasteiger charge is -2.23. The van der Waals surface area contributed by atoms with Crippen molar-refractivity contribution in [3.8, 4) is 0 Å². The summed E-state index contributed by atoms with van der Waals surface area (Å²) in [6, 6.07) is 3.07. The molecule has 0 fully saturated rings. The minimum Gasteiger partial charge on any atom is -0.465 e. The van der Waals surface area contributed by atoms with Gasteiger partial charge >= 0.3 is 5.69 Å². The average Bonchev–Trinajstić information content (AvgIpc) is 2.95. The molecule has 0 aliphatic heterocycles. The van der Waals surface area contributed by atoms with Gasteiger partial charge in [-0.2, -0.15) is 0 Å². The molecule has 1 atom stereocenters. The predicted octanol–water partition coefficient (Wildman–Crippen LogP) is 0.271. The number of rotatable bonds is 5. The van der Waals surface area contributed by atoms with E-state index >= 15 is 0 Å². The third-order valence-electron chi connectivity index (χ3n) is 4.20. The molecule has 130 valence electrons. The molecule has 0 amide bonds. The highest BCUT2D eigenvalue weighted by molar-refractivity contribution is 6.03. The molecule has 2 aromatic rings. The van der Waals surface area contributed by atoms with Crippen molar-refractivity contribution in [3.63, 3.8) is 0 Å². The van der Waals surface area contributed by atoms with Gasteiger partial charge < -0.3 is 10.2 Å². The maximum absolute atomic E-state index is 12.8. The third-order valence-corrected chi connectivity index (χ3v) is 4.20. The summed E-state index contributed by atoms with van der Waals surface area (Å²) < 4.78 is 7.48. The summed E-state index contributed by atoms with van der Waals surface area (Å²) in [7, 11) is 4.50. The molecule has 0 unspecified atom stereocenters. The Morgan fingerprint density at radius 2 is 1.92 bits per heavy atom. The SMILES string of the molecule is Cc1ccc(CN(C)[C@H](C)C(=O)c2c(N)n(C)c(=O)n(C)c2=O)o1. The van der Waals surface area contributed by atoms with Crippen LogP contribution in [0.3, 0.4) is 0 Å². The molecule has 2 heterocycles. The van der Waals surface area contributed by atoms with E-state index in [2.05, 4.69) is 0 Å². The summed E-state index contributed by atoms with van der Waals surface area (Å²) in [5.74, 6) is 0.946. The van der Waals surface area contributed by atoms with Crippen LogP contribution in [0.25, 0.3) is 0 Å². The van der Waals surface area contributed by atoms with Gasteiger partial charge in [0.25, 0.3) is 5.56 Å². The van der Waals surface area contributed by atoms with Crippen molar-refractivity contribution in [1.82, 2.24) is 14.0 Å². The number of hydrogen-bond donors (Lipinski definition) is 1. The number of Topliss-reactive ketones (excluding diaryl/α,β-unsaturated/α-hetero) is 1. The molecule has 2 N–H and O–H groups in total. The van der Waals surface area contributed by atoms with Crippen molar-refractivity contribution >= 4 is 11.6 Å². The highest BCUT2D eigenvalue weighted by atomic mass is 16.3. The smallest absolute Gasteiger partial charge is 0.332 e. The Labute approximate surface area is 139 Å². The molecule has 0 saturated heterocycles. The summed E-state index contributed by atoms with van der Waals surface area (Å²) in [5, 5.41) is 0. The Hall–Kier alpha value is -2.61. The number of carbonyl (C=O) groups excluding carboxylic acids is 1. The van der Waals surface area contributed by atoms with Gasteiger partial charge in [0, 0.05) is 14.1 Å². The van der Waals surface area contributed by atoms with Gasteiger partial charge in [-0.1, -0.05) is 0 Å². The number of nitrogens with two attached hydrogens (primary N) is 1. The number of carbonyl (C=O) groups is 1. The van der Waals surface area contributed by atoms with Crippen LogP contribution < -0.4 is 17.0 Å². The van der Waals surface area contributed by atoms with E-state index in [1.54, 1.807) is 18.9 Å². The molecule has 0 aromatic carbocycles. The van der Waals surface area contributed by atoms with Crippen LogP contribution in [-0.4, -0.2) is 32.9 Å². The van der Waals surface area contributed by atoms with Crippen LogP contribution in [0.15, 0.2) is 26.1 Å². The zero-order chi connectivity index (χ0) is 18.2. The Kier molecular flexibility index (Phi) is 4.79. The van der Waals surface area contributed by atoms with E-state index in [1.807, 2.05) is 19.1 Å². The van der Waals surface area contributed by atoms with Gasteiger partial charge in [-0.3, -0.25) is 23.6 Å². The summed E-state index contributed by atoms with van der Waals surface area (Å²) >= 11 is 0. The lowest BCUT2D eigenvalue weighted by molar-refractivity contribution is 0.0853. The first-order valence-corrected chi connectivity index (χ1v) is 7.50. The number of likely N-dealkylation sites (N-methyl/N-ethyl adjacent to an activating group) is 1. The molecular formula is C16H22N4O4. The second-order valence-electron chi connectivity index (χ2n) is 5.93. The van der Waals surface area contributed by atoms with E-state index in [9.17, 15) is 14.4 Å². The Bertz CT molecular complexity index is 890. The lowest BCUT2D eigenvalue weighted by Crippen LogP contribution is -2.45. The summed E-state index contributed by atoms with van der Waals surface area (Å²) in [4.78, 5) is 38.7. The fourth-order valence-electron chi connectivity index (χ4n) is 2.45. The Balaban J connectivity index is 2.34. The molecule has 2 aromatic heterocycles. The molecule has 24 heavy (non-hydrogen) atoms. The zero-order valence-electron chi connectivity index (χ0n) is 14.5. The van der Waals surface area contributed by atoms with Crippen LogP contribution in [0.5, 0.6) is 0 Å². The molecule has 8 heteroatoms.